The van der Waals surface area contributed by atoms with E-state index in [-0.39, 0.29) is 6.03 Å². The number of rotatable bonds is 3. The molecule has 0 bridgehead atoms. The number of aromatic nitrogens is 2. The summed E-state index contributed by atoms with van der Waals surface area (Å²) in [4.78, 5) is 18.9. The monoisotopic (exact) mass is 380 g/mol. The second-order valence-corrected chi connectivity index (χ2v) is 7.65. The molecule has 2 aromatic rings. The predicted molar refractivity (Wildman–Crippen MR) is 112 cm³/mol. The molecule has 2 aliphatic rings. The number of hydrogen-bond acceptors (Lipinski definition) is 5. The largest absolute Gasteiger partial charge is 0.355 e. The van der Waals surface area contributed by atoms with Crippen LogP contribution in [0.25, 0.3) is 0 Å². The molecule has 0 spiro atoms. The third-order valence-corrected chi connectivity index (χ3v) is 5.72. The van der Waals surface area contributed by atoms with Crippen molar-refractivity contribution in [1.29, 1.82) is 0 Å². The van der Waals surface area contributed by atoms with Crippen molar-refractivity contribution in [3.05, 3.63) is 41.5 Å². The number of benzene rings is 1. The molecule has 1 aromatic heterocycles. The summed E-state index contributed by atoms with van der Waals surface area (Å²) in [7, 11) is 0. The zero-order valence-corrected chi connectivity index (χ0v) is 16.7. The quantitative estimate of drug-likeness (QED) is 0.887. The number of urea groups is 1. The highest BCUT2D eigenvalue weighted by molar-refractivity contribution is 5.89. The third-order valence-electron chi connectivity index (χ3n) is 5.72. The summed E-state index contributed by atoms with van der Waals surface area (Å²) in [6.45, 7) is 9.14. The number of piperazine rings is 1. The van der Waals surface area contributed by atoms with E-state index >= 15 is 0 Å². The summed E-state index contributed by atoms with van der Waals surface area (Å²) in [6, 6.07) is 10.1. The van der Waals surface area contributed by atoms with E-state index in [4.69, 9.17) is 0 Å². The van der Waals surface area contributed by atoms with Crippen LogP contribution in [0.15, 0.2) is 30.3 Å². The first-order valence-electron chi connectivity index (χ1n) is 10.1. The maximum Gasteiger partial charge on any atom is 0.321 e. The first-order valence-corrected chi connectivity index (χ1v) is 10.1. The van der Waals surface area contributed by atoms with Crippen LogP contribution in [0.4, 0.5) is 22.1 Å². The van der Waals surface area contributed by atoms with E-state index < -0.39 is 0 Å². The molecular weight excluding hydrogens is 352 g/mol. The van der Waals surface area contributed by atoms with E-state index in [2.05, 4.69) is 45.2 Å². The van der Waals surface area contributed by atoms with Crippen molar-refractivity contribution in [1.82, 2.24) is 15.1 Å². The highest BCUT2D eigenvalue weighted by Crippen LogP contribution is 2.20. The van der Waals surface area contributed by atoms with Crippen LogP contribution in [-0.2, 0) is 0 Å². The number of nitrogens with zero attached hydrogens (tertiary/aromatic N) is 5. The van der Waals surface area contributed by atoms with Gasteiger partial charge in [-0.25, -0.2) is 4.79 Å². The van der Waals surface area contributed by atoms with E-state index in [1.165, 1.54) is 24.0 Å². The van der Waals surface area contributed by atoms with Crippen LogP contribution in [-0.4, -0.2) is 60.4 Å². The molecule has 1 N–H and O–H groups in total. The number of aryl methyl sites for hydroxylation is 2. The Morgan fingerprint density at radius 2 is 1.43 bits per heavy atom. The van der Waals surface area contributed by atoms with Gasteiger partial charge in [0.2, 0.25) is 0 Å². The standard InChI is InChI=1S/C21H28N6O/c1-16-5-6-18(15-17(16)2)22-21(28)27-13-11-26(12-14-27)20-8-7-19(23-24-20)25-9-3-4-10-25/h5-8,15H,3-4,9-14H2,1-2H3,(H,22,28). The summed E-state index contributed by atoms with van der Waals surface area (Å²) >= 11 is 0. The average Bonchev–Trinajstić information content (AvgIpc) is 3.26. The molecule has 0 radical (unpaired) electrons. The van der Waals surface area contributed by atoms with Crippen LogP contribution in [0.5, 0.6) is 0 Å². The van der Waals surface area contributed by atoms with E-state index in [9.17, 15) is 4.79 Å². The molecule has 148 valence electrons. The van der Waals surface area contributed by atoms with Gasteiger partial charge in [0.25, 0.3) is 0 Å². The number of carbonyl (C=O) groups excluding carboxylic acids is 1. The van der Waals surface area contributed by atoms with Gasteiger partial charge in [-0.2, -0.15) is 0 Å². The smallest absolute Gasteiger partial charge is 0.321 e. The number of amides is 2. The van der Waals surface area contributed by atoms with Crippen LogP contribution in [0, 0.1) is 13.8 Å². The molecule has 0 saturated carbocycles. The minimum Gasteiger partial charge on any atom is -0.355 e. The summed E-state index contributed by atoms with van der Waals surface area (Å²) < 4.78 is 0. The Bertz CT molecular complexity index is 823. The number of nitrogens with one attached hydrogen (secondary N) is 1. The normalized spacial score (nSPS) is 17.1. The molecule has 7 nitrogen and oxygen atoms in total. The molecule has 28 heavy (non-hydrogen) atoms. The summed E-state index contributed by atoms with van der Waals surface area (Å²) in [5.41, 5.74) is 3.25. The molecule has 4 rings (SSSR count). The Kier molecular flexibility index (Phi) is 5.32. The van der Waals surface area contributed by atoms with Crippen LogP contribution in [0.3, 0.4) is 0 Å². The number of anilines is 3. The van der Waals surface area contributed by atoms with Gasteiger partial charge < -0.3 is 20.0 Å². The van der Waals surface area contributed by atoms with E-state index in [0.29, 0.717) is 13.1 Å². The van der Waals surface area contributed by atoms with Gasteiger partial charge in [0, 0.05) is 45.0 Å². The van der Waals surface area contributed by atoms with Gasteiger partial charge in [-0.1, -0.05) is 6.07 Å². The van der Waals surface area contributed by atoms with Gasteiger partial charge in [0.05, 0.1) is 0 Å². The highest BCUT2D eigenvalue weighted by atomic mass is 16.2. The molecule has 0 aliphatic carbocycles. The Balaban J connectivity index is 1.31. The Labute approximate surface area is 166 Å². The molecule has 2 aliphatic heterocycles. The number of hydrogen-bond donors (Lipinski definition) is 1. The fourth-order valence-corrected chi connectivity index (χ4v) is 3.76. The lowest BCUT2D eigenvalue weighted by Gasteiger charge is -2.35. The lowest BCUT2D eigenvalue weighted by molar-refractivity contribution is 0.208. The predicted octanol–water partition coefficient (Wildman–Crippen LogP) is 3.05. The van der Waals surface area contributed by atoms with Gasteiger partial charge in [0.15, 0.2) is 11.6 Å². The van der Waals surface area contributed by atoms with E-state index in [1.807, 2.05) is 29.2 Å². The SMILES string of the molecule is Cc1ccc(NC(=O)N2CCN(c3ccc(N4CCCC4)nn3)CC2)cc1C. The fourth-order valence-electron chi connectivity index (χ4n) is 3.76. The summed E-state index contributed by atoms with van der Waals surface area (Å²) in [6.07, 6.45) is 2.46. The Hall–Kier alpha value is -2.83. The molecular formula is C21H28N6O. The zero-order chi connectivity index (χ0) is 19.5. The minimum absolute atomic E-state index is 0.0432. The first-order chi connectivity index (χ1) is 13.6. The minimum atomic E-state index is -0.0432. The second-order valence-electron chi connectivity index (χ2n) is 7.65. The Morgan fingerprint density at radius 1 is 0.821 bits per heavy atom. The fraction of sp³-hybridized carbons (Fsp3) is 0.476. The summed E-state index contributed by atoms with van der Waals surface area (Å²) in [5, 5.41) is 11.8. The Morgan fingerprint density at radius 3 is 2.00 bits per heavy atom. The highest BCUT2D eigenvalue weighted by Gasteiger charge is 2.23. The molecule has 2 fully saturated rings. The second kappa shape index (κ2) is 8.04. The van der Waals surface area contributed by atoms with Gasteiger partial charge in [-0.05, 0) is 62.1 Å². The van der Waals surface area contributed by atoms with Crippen molar-refractivity contribution in [2.75, 3.05) is 54.4 Å². The van der Waals surface area contributed by atoms with Crippen LogP contribution >= 0.6 is 0 Å². The average molecular weight is 380 g/mol. The zero-order valence-electron chi connectivity index (χ0n) is 16.7. The van der Waals surface area contributed by atoms with Crippen molar-refractivity contribution in [3.63, 3.8) is 0 Å². The van der Waals surface area contributed by atoms with E-state index in [1.54, 1.807) is 0 Å². The molecule has 0 unspecified atom stereocenters. The maximum absolute atomic E-state index is 12.6. The molecule has 1 aromatic carbocycles. The molecule has 2 saturated heterocycles. The lowest BCUT2D eigenvalue weighted by atomic mass is 10.1. The van der Waals surface area contributed by atoms with Gasteiger partial charge in [-0.3, -0.25) is 0 Å². The molecule has 2 amide bonds. The van der Waals surface area contributed by atoms with Crippen LogP contribution in [0.2, 0.25) is 0 Å². The third kappa shape index (κ3) is 4.03. The maximum atomic E-state index is 12.6. The van der Waals surface area contributed by atoms with E-state index in [0.717, 1.165) is 43.5 Å². The van der Waals surface area contributed by atoms with Gasteiger partial charge >= 0.3 is 6.03 Å². The lowest BCUT2D eigenvalue weighted by Crippen LogP contribution is -2.50. The van der Waals surface area contributed by atoms with Crippen LogP contribution < -0.4 is 15.1 Å². The van der Waals surface area contributed by atoms with Crippen molar-refractivity contribution >= 4 is 23.4 Å². The van der Waals surface area contributed by atoms with Crippen molar-refractivity contribution < 1.29 is 4.79 Å². The van der Waals surface area contributed by atoms with Gasteiger partial charge in [0.1, 0.15) is 0 Å². The molecule has 3 heterocycles. The molecule has 0 atom stereocenters. The van der Waals surface area contributed by atoms with Crippen LogP contribution in [0.1, 0.15) is 24.0 Å². The molecule has 7 heteroatoms. The van der Waals surface area contributed by atoms with Crippen molar-refractivity contribution in [3.8, 4) is 0 Å². The number of carbonyl (C=O) groups is 1. The van der Waals surface area contributed by atoms with Crippen molar-refractivity contribution in [2.24, 2.45) is 0 Å². The topological polar surface area (TPSA) is 64.6 Å². The summed E-state index contributed by atoms with van der Waals surface area (Å²) in [5.74, 6) is 1.85. The first kappa shape index (κ1) is 18.5. The van der Waals surface area contributed by atoms with Crippen molar-refractivity contribution in [2.45, 2.75) is 26.7 Å². The van der Waals surface area contributed by atoms with Gasteiger partial charge in [-0.15, -0.1) is 10.2 Å².